The summed E-state index contributed by atoms with van der Waals surface area (Å²) in [6.07, 6.45) is 3.97. The van der Waals surface area contributed by atoms with E-state index in [-0.39, 0.29) is 0 Å². The second-order valence-electron chi connectivity index (χ2n) is 5.03. The molecule has 1 fully saturated rings. The van der Waals surface area contributed by atoms with Crippen LogP contribution in [0.15, 0.2) is 28.6 Å². The average molecular weight is 337 g/mol. The lowest BCUT2D eigenvalue weighted by atomic mass is 10.1. The molecule has 1 aromatic heterocycles. The van der Waals surface area contributed by atoms with Gasteiger partial charge in [0.1, 0.15) is 5.75 Å². The molecular formula is C15H19N3O2S2. The summed E-state index contributed by atoms with van der Waals surface area (Å²) in [5, 5.41) is 12.5. The summed E-state index contributed by atoms with van der Waals surface area (Å²) in [6.45, 7) is 0.893. The van der Waals surface area contributed by atoms with E-state index in [4.69, 9.17) is 9.47 Å². The van der Waals surface area contributed by atoms with Crippen molar-refractivity contribution in [2.24, 2.45) is 0 Å². The van der Waals surface area contributed by atoms with Crippen LogP contribution in [0.1, 0.15) is 19.3 Å². The molecule has 3 rings (SSSR count). The molecule has 22 heavy (non-hydrogen) atoms. The van der Waals surface area contributed by atoms with Crippen molar-refractivity contribution in [3.63, 3.8) is 0 Å². The lowest BCUT2D eigenvalue weighted by molar-refractivity contribution is 0.0315. The molecule has 0 unspecified atom stereocenters. The second kappa shape index (κ2) is 7.80. The molecule has 0 radical (unpaired) electrons. The first-order valence-electron chi connectivity index (χ1n) is 7.32. The van der Waals surface area contributed by atoms with Crippen LogP contribution >= 0.6 is 23.1 Å². The van der Waals surface area contributed by atoms with E-state index in [9.17, 15) is 0 Å². The van der Waals surface area contributed by atoms with Gasteiger partial charge in [-0.3, -0.25) is 0 Å². The summed E-state index contributed by atoms with van der Waals surface area (Å²) in [5.41, 5.74) is 0.947. The fraction of sp³-hybridized carbons (Fsp3) is 0.467. The Morgan fingerprint density at radius 2 is 2.36 bits per heavy atom. The molecule has 1 aromatic carbocycles. The third kappa shape index (κ3) is 4.34. The van der Waals surface area contributed by atoms with Gasteiger partial charge in [-0.1, -0.05) is 29.2 Å². The van der Waals surface area contributed by atoms with Crippen LogP contribution in [-0.4, -0.2) is 35.8 Å². The molecule has 2 heterocycles. The van der Waals surface area contributed by atoms with Gasteiger partial charge >= 0.3 is 0 Å². The number of benzene rings is 1. The first-order valence-corrected chi connectivity index (χ1v) is 9.12. The van der Waals surface area contributed by atoms with Crippen molar-refractivity contribution in [1.29, 1.82) is 0 Å². The van der Waals surface area contributed by atoms with E-state index in [1.165, 1.54) is 12.8 Å². The van der Waals surface area contributed by atoms with Crippen LogP contribution in [0.4, 0.5) is 10.8 Å². The molecular weight excluding hydrogens is 318 g/mol. The number of hydrogen-bond acceptors (Lipinski definition) is 7. The lowest BCUT2D eigenvalue weighted by Gasteiger charge is -2.21. The summed E-state index contributed by atoms with van der Waals surface area (Å²) in [5.74, 6) is 1.77. The number of hydrogen-bond donors (Lipinski definition) is 1. The summed E-state index contributed by atoms with van der Waals surface area (Å²) in [6, 6.07) is 7.77. The van der Waals surface area contributed by atoms with E-state index in [0.717, 1.165) is 39.7 Å². The third-order valence-corrected chi connectivity index (χ3v) is 5.50. The van der Waals surface area contributed by atoms with Crippen LogP contribution in [0.25, 0.3) is 0 Å². The van der Waals surface area contributed by atoms with Gasteiger partial charge in [0.15, 0.2) is 4.34 Å². The molecule has 7 heteroatoms. The van der Waals surface area contributed by atoms with Crippen LogP contribution in [0, 0.1) is 0 Å². The zero-order valence-corrected chi connectivity index (χ0v) is 14.1. The molecule has 0 saturated carbocycles. The minimum absolute atomic E-state index is 0.359. The number of thioether (sulfide) groups is 1. The number of methoxy groups -OCH3 is 1. The van der Waals surface area contributed by atoms with Crippen LogP contribution < -0.4 is 10.1 Å². The molecule has 0 spiro atoms. The number of anilines is 2. The van der Waals surface area contributed by atoms with Gasteiger partial charge in [0.2, 0.25) is 5.13 Å². The molecule has 1 aliphatic heterocycles. The topological polar surface area (TPSA) is 56.3 Å². The highest BCUT2D eigenvalue weighted by atomic mass is 32.2. The standard InChI is InChI=1S/C15H19N3O2S2/c1-19-12-7-4-5-11(9-12)16-14-17-18-15(22-14)21-10-13-6-2-3-8-20-13/h4-5,7,9,13H,2-3,6,8,10H2,1H3,(H,16,17)/t13-/m0/s1. The molecule has 1 atom stereocenters. The zero-order valence-electron chi connectivity index (χ0n) is 12.4. The fourth-order valence-electron chi connectivity index (χ4n) is 2.25. The Morgan fingerprint density at radius 3 is 3.18 bits per heavy atom. The van der Waals surface area contributed by atoms with Crippen LogP contribution in [0.3, 0.4) is 0 Å². The van der Waals surface area contributed by atoms with Crippen molar-refractivity contribution in [3.05, 3.63) is 24.3 Å². The summed E-state index contributed by atoms with van der Waals surface area (Å²) in [4.78, 5) is 0. The Morgan fingerprint density at radius 1 is 1.41 bits per heavy atom. The predicted octanol–water partition coefficient (Wildman–Crippen LogP) is 3.95. The normalized spacial score (nSPS) is 18.1. The third-order valence-electron chi connectivity index (χ3n) is 3.39. The molecule has 118 valence electrons. The molecule has 2 aromatic rings. The maximum Gasteiger partial charge on any atom is 0.210 e. The number of aromatic nitrogens is 2. The maximum atomic E-state index is 5.73. The van der Waals surface area contributed by atoms with E-state index < -0.39 is 0 Å². The van der Waals surface area contributed by atoms with Crippen LogP contribution in [0.5, 0.6) is 5.75 Å². The largest absolute Gasteiger partial charge is 0.497 e. The molecule has 5 nitrogen and oxygen atoms in total. The SMILES string of the molecule is COc1cccc(Nc2nnc(SC[C@@H]3CCCCO3)s2)c1. The monoisotopic (exact) mass is 337 g/mol. The molecule has 1 aliphatic rings. The molecule has 1 saturated heterocycles. The highest BCUT2D eigenvalue weighted by molar-refractivity contribution is 8.01. The molecule has 0 amide bonds. The lowest BCUT2D eigenvalue weighted by Crippen LogP contribution is -2.21. The highest BCUT2D eigenvalue weighted by Gasteiger charge is 2.15. The van der Waals surface area contributed by atoms with E-state index in [1.807, 2.05) is 24.3 Å². The van der Waals surface area contributed by atoms with E-state index >= 15 is 0 Å². The molecule has 0 bridgehead atoms. The molecule has 1 N–H and O–H groups in total. The summed E-state index contributed by atoms with van der Waals surface area (Å²) >= 11 is 3.28. The van der Waals surface area contributed by atoms with Crippen molar-refractivity contribution >= 4 is 33.9 Å². The van der Waals surface area contributed by atoms with Gasteiger partial charge in [-0.2, -0.15) is 0 Å². The number of nitrogens with zero attached hydrogens (tertiary/aromatic N) is 2. The fourth-order valence-corrected chi connectivity index (χ4v) is 4.11. The Bertz CT molecular complexity index is 600. The molecule has 0 aliphatic carbocycles. The van der Waals surface area contributed by atoms with Crippen molar-refractivity contribution < 1.29 is 9.47 Å². The van der Waals surface area contributed by atoms with Gasteiger partial charge in [0.05, 0.1) is 13.2 Å². The summed E-state index contributed by atoms with van der Waals surface area (Å²) < 4.78 is 11.9. The quantitative estimate of drug-likeness (QED) is 0.806. The maximum absolute atomic E-state index is 5.73. The first kappa shape index (κ1) is 15.6. The van der Waals surface area contributed by atoms with Crippen LogP contribution in [-0.2, 0) is 4.74 Å². The number of ether oxygens (including phenoxy) is 2. The van der Waals surface area contributed by atoms with Crippen molar-refractivity contribution in [3.8, 4) is 5.75 Å². The Kier molecular flexibility index (Phi) is 5.53. The predicted molar refractivity (Wildman–Crippen MR) is 90.5 cm³/mol. The number of nitrogens with one attached hydrogen (secondary N) is 1. The Hall–Kier alpha value is -1.31. The van der Waals surface area contributed by atoms with Gasteiger partial charge in [0.25, 0.3) is 0 Å². The van der Waals surface area contributed by atoms with E-state index in [0.29, 0.717) is 6.10 Å². The van der Waals surface area contributed by atoms with Crippen molar-refractivity contribution in [1.82, 2.24) is 10.2 Å². The zero-order chi connectivity index (χ0) is 15.2. The van der Waals surface area contributed by atoms with Crippen LogP contribution in [0.2, 0.25) is 0 Å². The first-order chi connectivity index (χ1) is 10.8. The highest BCUT2D eigenvalue weighted by Crippen LogP contribution is 2.30. The van der Waals surface area contributed by atoms with E-state index in [2.05, 4.69) is 15.5 Å². The summed E-state index contributed by atoms with van der Waals surface area (Å²) in [7, 11) is 1.66. The Labute approximate surface area is 138 Å². The average Bonchev–Trinajstić information content (AvgIpc) is 3.01. The van der Waals surface area contributed by atoms with Gasteiger partial charge in [-0.05, 0) is 31.4 Å². The smallest absolute Gasteiger partial charge is 0.210 e. The van der Waals surface area contributed by atoms with Crippen molar-refractivity contribution in [2.45, 2.75) is 29.7 Å². The van der Waals surface area contributed by atoms with E-state index in [1.54, 1.807) is 30.2 Å². The number of rotatable bonds is 6. The minimum atomic E-state index is 0.359. The van der Waals surface area contributed by atoms with Crippen molar-refractivity contribution in [2.75, 3.05) is 24.8 Å². The minimum Gasteiger partial charge on any atom is -0.497 e. The Balaban J connectivity index is 1.54. The van der Waals surface area contributed by atoms with Gasteiger partial charge in [-0.15, -0.1) is 10.2 Å². The van der Waals surface area contributed by atoms with Gasteiger partial charge < -0.3 is 14.8 Å². The van der Waals surface area contributed by atoms with Gasteiger partial charge in [0, 0.05) is 24.1 Å². The van der Waals surface area contributed by atoms with Gasteiger partial charge in [-0.25, -0.2) is 0 Å². The second-order valence-corrected chi connectivity index (χ2v) is 7.27.